The Morgan fingerprint density at radius 1 is 0.746 bits per heavy atom. The minimum atomic E-state index is -4.60. The van der Waals surface area contributed by atoms with Crippen LogP contribution < -0.4 is 10.5 Å². The van der Waals surface area contributed by atoms with Gasteiger partial charge in [-0.15, -0.1) is 0 Å². The molecule has 1 saturated heterocycles. The molecule has 0 aliphatic carbocycles. The number of carboxylic acids is 1. The van der Waals surface area contributed by atoms with Gasteiger partial charge in [0.05, 0.1) is 137 Å². The fourth-order valence-electron chi connectivity index (χ4n) is 6.11. The zero-order chi connectivity index (χ0) is 45.1. The van der Waals surface area contributed by atoms with Gasteiger partial charge in [0.2, 0.25) is 0 Å². The van der Waals surface area contributed by atoms with Crippen LogP contribution in [0.5, 0.6) is 0 Å². The van der Waals surface area contributed by atoms with E-state index in [-0.39, 0.29) is 62.8 Å². The summed E-state index contributed by atoms with van der Waals surface area (Å²) in [5.74, 6) is -3.16. The van der Waals surface area contributed by atoms with Crippen LogP contribution in [-0.2, 0) is 67.9 Å². The summed E-state index contributed by atoms with van der Waals surface area (Å²) in [7, 11) is 0. The Morgan fingerprint density at radius 2 is 1.27 bits per heavy atom. The first-order valence-corrected chi connectivity index (χ1v) is 20.5. The molecule has 1 fully saturated rings. The van der Waals surface area contributed by atoms with E-state index in [0.29, 0.717) is 110 Å². The Hall–Kier alpha value is -4.26. The van der Waals surface area contributed by atoms with E-state index >= 15 is 0 Å². The number of fused-ring (bicyclic) bond motifs is 1. The highest BCUT2D eigenvalue weighted by Crippen LogP contribution is 2.37. The third-order valence-electron chi connectivity index (χ3n) is 9.13. The van der Waals surface area contributed by atoms with Crippen LogP contribution in [0.3, 0.4) is 0 Å². The lowest BCUT2D eigenvalue weighted by Crippen LogP contribution is -2.31. The molecule has 1 aliphatic rings. The number of nitrogens with zero attached hydrogens (tertiary/aromatic N) is 1. The van der Waals surface area contributed by atoms with Gasteiger partial charge in [0.25, 0.3) is 5.56 Å². The summed E-state index contributed by atoms with van der Waals surface area (Å²) in [4.78, 5) is 40.2. The van der Waals surface area contributed by atoms with Gasteiger partial charge in [0.1, 0.15) is 13.3 Å². The van der Waals surface area contributed by atoms with Crippen LogP contribution >= 0.6 is 0 Å². The van der Waals surface area contributed by atoms with E-state index in [2.05, 4.69) is 4.98 Å². The monoisotopic (exact) mass is 902 g/mol. The number of ether oxygens (including phenoxy) is 11. The number of H-pyrrole nitrogens is 1. The lowest BCUT2D eigenvalue weighted by molar-refractivity contribution is -0.167. The number of pyridine rings is 1. The van der Waals surface area contributed by atoms with Crippen molar-refractivity contribution in [1.82, 2.24) is 4.98 Å². The fourth-order valence-corrected chi connectivity index (χ4v) is 6.11. The highest BCUT2D eigenvalue weighted by Gasteiger charge is 2.34. The van der Waals surface area contributed by atoms with Crippen LogP contribution in [0.25, 0.3) is 22.0 Å². The van der Waals surface area contributed by atoms with Crippen molar-refractivity contribution in [3.63, 3.8) is 0 Å². The molecule has 0 bridgehead atoms. The summed E-state index contributed by atoms with van der Waals surface area (Å²) >= 11 is 0. The Bertz CT molecular complexity index is 1830. The van der Waals surface area contributed by atoms with E-state index in [9.17, 15) is 27.6 Å². The molecule has 0 amide bonds. The standard InChI is InChI=1S/C42H57F3N2O16/c43-42(44,45)37-4-2-1-3-35(37)38-25-31-5-6-32(26-36(31)39(49)46-38)47-28-33(63-30-47)27-34(29-62-41(52)40(50)51)61-24-23-60-22-21-59-20-19-58-18-17-57-16-15-56-14-13-55-12-11-54-10-9-53-8-7-48/h1-6,25-26,33-34,48H,7-24,27-30H2,(H,46,49)(H,50,51)/t33-,34?/m0/s1. The minimum absolute atomic E-state index is 0.00581. The Balaban J connectivity index is 1.06. The van der Waals surface area contributed by atoms with Crippen LogP contribution in [-0.4, -0.2) is 178 Å². The van der Waals surface area contributed by atoms with Gasteiger partial charge >= 0.3 is 18.1 Å². The summed E-state index contributed by atoms with van der Waals surface area (Å²) in [6, 6.07) is 11.5. The molecule has 2 heterocycles. The molecule has 3 aromatic rings. The largest absolute Gasteiger partial charge is 0.473 e. The van der Waals surface area contributed by atoms with Crippen molar-refractivity contribution in [2.75, 3.05) is 144 Å². The lowest BCUT2D eigenvalue weighted by Gasteiger charge is -2.21. The van der Waals surface area contributed by atoms with Crippen LogP contribution in [0.15, 0.2) is 53.3 Å². The molecule has 1 unspecified atom stereocenters. The summed E-state index contributed by atoms with van der Waals surface area (Å²) in [5.41, 5.74) is -0.868. The van der Waals surface area contributed by atoms with E-state index in [1.54, 1.807) is 18.2 Å². The molecular formula is C42H57F3N2O16. The molecule has 2 aromatic carbocycles. The normalized spacial score (nSPS) is 14.7. The van der Waals surface area contributed by atoms with Crippen LogP contribution in [0.1, 0.15) is 12.0 Å². The van der Waals surface area contributed by atoms with Crippen LogP contribution in [0.2, 0.25) is 0 Å². The average Bonchev–Trinajstić information content (AvgIpc) is 3.74. The van der Waals surface area contributed by atoms with Gasteiger partial charge in [0.15, 0.2) is 0 Å². The van der Waals surface area contributed by atoms with Crippen molar-refractivity contribution in [2.45, 2.75) is 24.8 Å². The van der Waals surface area contributed by atoms with E-state index in [1.165, 1.54) is 24.3 Å². The molecule has 4 rings (SSSR count). The predicted molar refractivity (Wildman–Crippen MR) is 219 cm³/mol. The summed E-state index contributed by atoms with van der Waals surface area (Å²) in [6.07, 6.45) is -5.52. The molecule has 63 heavy (non-hydrogen) atoms. The Morgan fingerprint density at radius 3 is 1.79 bits per heavy atom. The topological polar surface area (TPSA) is 212 Å². The smallest absolute Gasteiger partial charge is 0.417 e. The third-order valence-corrected chi connectivity index (χ3v) is 9.13. The van der Waals surface area contributed by atoms with Crippen LogP contribution in [0, 0.1) is 0 Å². The number of anilines is 1. The van der Waals surface area contributed by atoms with E-state index < -0.39 is 41.4 Å². The number of hydrogen-bond donors (Lipinski definition) is 3. The van der Waals surface area contributed by atoms with Crippen molar-refractivity contribution in [1.29, 1.82) is 0 Å². The van der Waals surface area contributed by atoms with Crippen molar-refractivity contribution < 1.29 is 85.1 Å². The number of alkyl halides is 3. The first kappa shape index (κ1) is 51.4. The van der Waals surface area contributed by atoms with Gasteiger partial charge in [-0.25, -0.2) is 9.59 Å². The maximum absolute atomic E-state index is 13.7. The minimum Gasteiger partial charge on any atom is -0.473 e. The molecule has 1 aromatic heterocycles. The zero-order valence-corrected chi connectivity index (χ0v) is 35.0. The number of esters is 1. The number of aliphatic hydroxyl groups excluding tert-OH is 1. The van der Waals surface area contributed by atoms with Crippen molar-refractivity contribution >= 4 is 28.4 Å². The number of hydrogen-bond acceptors (Lipinski definition) is 16. The molecule has 3 N–H and O–H groups in total. The molecule has 2 atom stereocenters. The van der Waals surface area contributed by atoms with Gasteiger partial charge in [-0.1, -0.05) is 24.3 Å². The number of rotatable bonds is 33. The second-order valence-corrected chi connectivity index (χ2v) is 13.7. The number of aromatic nitrogens is 1. The van der Waals surface area contributed by atoms with E-state index in [0.717, 1.165) is 6.07 Å². The zero-order valence-electron chi connectivity index (χ0n) is 35.0. The number of aliphatic carboxylic acids is 1. The summed E-state index contributed by atoms with van der Waals surface area (Å²) in [6.45, 7) is 6.45. The SMILES string of the molecule is O=C(O)C(=O)OCC(C[C@H]1CN(c2ccc3cc(-c4ccccc4C(F)(F)F)[nH]c(=O)c3c2)CO1)OCCOCCOCCOCCOCCOCCOCCOCCOCCO. The number of halogens is 3. The first-order valence-electron chi connectivity index (χ1n) is 20.5. The number of nitrogens with one attached hydrogen (secondary N) is 1. The molecular weight excluding hydrogens is 845 g/mol. The number of carbonyl (C=O) groups excluding carboxylic acids is 1. The second kappa shape index (κ2) is 29.2. The number of aromatic amines is 1. The highest BCUT2D eigenvalue weighted by atomic mass is 19.4. The van der Waals surface area contributed by atoms with Crippen molar-refractivity contribution in [3.8, 4) is 11.3 Å². The number of benzene rings is 2. The van der Waals surface area contributed by atoms with Gasteiger partial charge < -0.3 is 72.2 Å². The molecule has 352 valence electrons. The van der Waals surface area contributed by atoms with Gasteiger partial charge in [-0.2, -0.15) is 13.2 Å². The van der Waals surface area contributed by atoms with Crippen LogP contribution in [0.4, 0.5) is 18.9 Å². The summed E-state index contributed by atoms with van der Waals surface area (Å²) in [5, 5.41) is 18.3. The highest BCUT2D eigenvalue weighted by molar-refractivity contribution is 6.28. The average molecular weight is 903 g/mol. The van der Waals surface area contributed by atoms with Gasteiger partial charge in [-0.3, -0.25) is 4.79 Å². The van der Waals surface area contributed by atoms with E-state index in [1.807, 2.05) is 4.90 Å². The molecule has 0 spiro atoms. The van der Waals surface area contributed by atoms with E-state index in [4.69, 9.17) is 62.3 Å². The Kier molecular flexibility index (Phi) is 23.8. The molecule has 0 saturated carbocycles. The third kappa shape index (κ3) is 19.6. The number of carboxylic acid groups (broad SMARTS) is 1. The first-order chi connectivity index (χ1) is 30.6. The summed E-state index contributed by atoms with van der Waals surface area (Å²) < 4.78 is 101. The maximum Gasteiger partial charge on any atom is 0.417 e. The molecule has 1 aliphatic heterocycles. The van der Waals surface area contributed by atoms with Gasteiger partial charge in [-0.05, 0) is 29.7 Å². The maximum atomic E-state index is 13.7. The van der Waals surface area contributed by atoms with Crippen molar-refractivity contribution in [2.24, 2.45) is 0 Å². The quantitative estimate of drug-likeness (QED) is 0.0456. The van der Waals surface area contributed by atoms with Crippen molar-refractivity contribution in [3.05, 3.63) is 64.4 Å². The fraction of sp³-hybridized carbons (Fsp3) is 0.595. The molecule has 18 nitrogen and oxygen atoms in total. The Labute approximate surface area is 362 Å². The lowest BCUT2D eigenvalue weighted by atomic mass is 10.0. The van der Waals surface area contributed by atoms with Gasteiger partial charge in [0, 0.05) is 35.3 Å². The second-order valence-electron chi connectivity index (χ2n) is 13.7. The number of aliphatic hydroxyl groups is 1. The molecule has 21 heteroatoms. The predicted octanol–water partition coefficient (Wildman–Crippen LogP) is 2.90. The molecule has 0 radical (unpaired) electrons. The number of carbonyl (C=O) groups is 2.